The van der Waals surface area contributed by atoms with Crippen LogP contribution in [0.4, 0.5) is 10.5 Å². The first-order valence-corrected chi connectivity index (χ1v) is 9.05. The number of anilines is 1. The molecule has 3 amide bonds. The Bertz CT molecular complexity index is 840. The van der Waals surface area contributed by atoms with E-state index in [9.17, 15) is 14.4 Å². The number of esters is 1. The zero-order chi connectivity index (χ0) is 20.5. The number of ether oxygens (including phenoxy) is 1. The molecular formula is C20H22ClN3O4. The van der Waals surface area contributed by atoms with E-state index in [1.165, 1.54) is 7.11 Å². The molecular weight excluding hydrogens is 382 g/mol. The molecule has 2 aromatic rings. The van der Waals surface area contributed by atoms with Gasteiger partial charge in [0.25, 0.3) is 5.91 Å². The lowest BCUT2D eigenvalue weighted by atomic mass is 10.1. The predicted octanol–water partition coefficient (Wildman–Crippen LogP) is 3.52. The molecule has 0 spiro atoms. The molecule has 0 aromatic heterocycles. The van der Waals surface area contributed by atoms with Gasteiger partial charge in [-0.25, -0.2) is 4.79 Å². The lowest BCUT2D eigenvalue weighted by Crippen LogP contribution is -2.31. The van der Waals surface area contributed by atoms with Gasteiger partial charge in [0.2, 0.25) is 0 Å². The molecule has 8 heteroatoms. The molecule has 0 saturated carbocycles. The van der Waals surface area contributed by atoms with Crippen molar-refractivity contribution in [3.8, 4) is 0 Å². The molecule has 148 valence electrons. The van der Waals surface area contributed by atoms with Crippen LogP contribution < -0.4 is 16.0 Å². The third-order valence-electron chi connectivity index (χ3n) is 3.94. The number of hydrogen-bond donors (Lipinski definition) is 3. The number of amides is 3. The summed E-state index contributed by atoms with van der Waals surface area (Å²) in [6.07, 6.45) is 0.104. The zero-order valence-electron chi connectivity index (χ0n) is 15.6. The second-order valence-corrected chi connectivity index (χ2v) is 6.47. The quantitative estimate of drug-likeness (QED) is 0.616. The molecule has 3 N–H and O–H groups in total. The molecule has 0 heterocycles. The number of halogens is 1. The first-order valence-electron chi connectivity index (χ1n) is 8.67. The van der Waals surface area contributed by atoms with E-state index in [1.807, 2.05) is 19.1 Å². The van der Waals surface area contributed by atoms with Gasteiger partial charge in [0, 0.05) is 22.8 Å². The highest BCUT2D eigenvalue weighted by Crippen LogP contribution is 2.17. The third-order valence-corrected chi connectivity index (χ3v) is 4.18. The van der Waals surface area contributed by atoms with Crippen molar-refractivity contribution in [3.05, 3.63) is 64.7 Å². The predicted molar refractivity (Wildman–Crippen MR) is 107 cm³/mol. The Labute approximate surface area is 168 Å². The number of urea groups is 1. The van der Waals surface area contributed by atoms with Crippen molar-refractivity contribution in [2.75, 3.05) is 19.0 Å². The summed E-state index contributed by atoms with van der Waals surface area (Å²) in [4.78, 5) is 35.2. The normalized spacial score (nSPS) is 11.2. The molecule has 7 nitrogen and oxygen atoms in total. The van der Waals surface area contributed by atoms with Crippen molar-refractivity contribution in [2.24, 2.45) is 0 Å². The van der Waals surface area contributed by atoms with E-state index in [0.29, 0.717) is 16.3 Å². The van der Waals surface area contributed by atoms with Crippen LogP contribution in [0.15, 0.2) is 48.5 Å². The standard InChI is InChI=1S/C20H22ClN3O4/c1-13(15-4-3-5-16(21)12-15)23-20(27)24-17-8-6-14(7-9-17)19(26)22-11-10-18(25)28-2/h3-9,12-13H,10-11H2,1-2H3,(H,22,26)(H2,23,24,27). The van der Waals surface area contributed by atoms with Crippen LogP contribution in [0.1, 0.15) is 35.3 Å². The van der Waals surface area contributed by atoms with Gasteiger partial charge in [-0.15, -0.1) is 0 Å². The number of carbonyl (C=O) groups excluding carboxylic acids is 3. The van der Waals surface area contributed by atoms with Gasteiger partial charge in [-0.05, 0) is 48.9 Å². The maximum Gasteiger partial charge on any atom is 0.319 e. The Kier molecular flexibility index (Phi) is 7.83. The van der Waals surface area contributed by atoms with Crippen LogP contribution in [0.25, 0.3) is 0 Å². The summed E-state index contributed by atoms with van der Waals surface area (Å²) in [6.45, 7) is 2.04. The smallest absolute Gasteiger partial charge is 0.319 e. The minimum Gasteiger partial charge on any atom is -0.469 e. The summed E-state index contributed by atoms with van der Waals surface area (Å²) in [5, 5.41) is 8.76. The molecule has 0 bridgehead atoms. The van der Waals surface area contributed by atoms with Crippen LogP contribution in [0.3, 0.4) is 0 Å². The van der Waals surface area contributed by atoms with E-state index < -0.39 is 5.97 Å². The van der Waals surface area contributed by atoms with Gasteiger partial charge < -0.3 is 20.7 Å². The summed E-state index contributed by atoms with van der Waals surface area (Å²) in [6, 6.07) is 13.1. The van der Waals surface area contributed by atoms with Crippen LogP contribution in [-0.4, -0.2) is 31.6 Å². The lowest BCUT2D eigenvalue weighted by molar-refractivity contribution is -0.140. The second kappa shape index (κ2) is 10.3. The van der Waals surface area contributed by atoms with Crippen LogP contribution in [0, 0.1) is 0 Å². The SMILES string of the molecule is COC(=O)CCNC(=O)c1ccc(NC(=O)NC(C)c2cccc(Cl)c2)cc1. The Morgan fingerprint density at radius 1 is 1.11 bits per heavy atom. The minimum absolute atomic E-state index is 0.104. The van der Waals surface area contributed by atoms with Crippen molar-refractivity contribution in [3.63, 3.8) is 0 Å². The summed E-state index contributed by atoms with van der Waals surface area (Å²) in [5.41, 5.74) is 1.85. The van der Waals surface area contributed by atoms with E-state index in [1.54, 1.807) is 36.4 Å². The number of rotatable bonds is 7. The van der Waals surface area contributed by atoms with E-state index >= 15 is 0 Å². The summed E-state index contributed by atoms with van der Waals surface area (Å²) < 4.78 is 4.51. The minimum atomic E-state index is -0.391. The van der Waals surface area contributed by atoms with Crippen molar-refractivity contribution >= 4 is 35.2 Å². The molecule has 0 radical (unpaired) electrons. The monoisotopic (exact) mass is 403 g/mol. The van der Waals surface area contributed by atoms with Gasteiger partial charge >= 0.3 is 12.0 Å². The fraction of sp³-hybridized carbons (Fsp3) is 0.250. The number of carbonyl (C=O) groups is 3. The molecule has 2 rings (SSSR count). The molecule has 1 atom stereocenters. The maximum absolute atomic E-state index is 12.2. The van der Waals surface area contributed by atoms with Crippen LogP contribution >= 0.6 is 11.6 Å². The van der Waals surface area contributed by atoms with E-state index in [2.05, 4.69) is 20.7 Å². The average Bonchev–Trinajstić information content (AvgIpc) is 2.68. The Balaban J connectivity index is 1.85. The van der Waals surface area contributed by atoms with Gasteiger partial charge in [0.1, 0.15) is 0 Å². The number of hydrogen-bond acceptors (Lipinski definition) is 4. The largest absolute Gasteiger partial charge is 0.469 e. The van der Waals surface area contributed by atoms with Crippen LogP contribution in [-0.2, 0) is 9.53 Å². The van der Waals surface area contributed by atoms with Crippen molar-refractivity contribution in [1.29, 1.82) is 0 Å². The highest BCUT2D eigenvalue weighted by atomic mass is 35.5. The number of benzene rings is 2. The molecule has 0 aliphatic heterocycles. The van der Waals surface area contributed by atoms with Crippen LogP contribution in [0.5, 0.6) is 0 Å². The van der Waals surface area contributed by atoms with E-state index in [0.717, 1.165) is 5.56 Å². The molecule has 0 aliphatic rings. The van der Waals surface area contributed by atoms with Gasteiger partial charge in [-0.2, -0.15) is 0 Å². The van der Waals surface area contributed by atoms with Crippen molar-refractivity contribution in [2.45, 2.75) is 19.4 Å². The van der Waals surface area contributed by atoms with Crippen molar-refractivity contribution in [1.82, 2.24) is 10.6 Å². The third kappa shape index (κ3) is 6.59. The summed E-state index contributed by atoms with van der Waals surface area (Å²) >= 11 is 5.97. The molecule has 2 aromatic carbocycles. The molecule has 28 heavy (non-hydrogen) atoms. The average molecular weight is 404 g/mol. The molecule has 0 saturated heterocycles. The van der Waals surface area contributed by atoms with Gasteiger partial charge in [-0.1, -0.05) is 23.7 Å². The molecule has 1 unspecified atom stereocenters. The second-order valence-electron chi connectivity index (χ2n) is 6.03. The highest BCUT2D eigenvalue weighted by Gasteiger charge is 2.11. The lowest BCUT2D eigenvalue weighted by Gasteiger charge is -2.15. The molecule has 0 fully saturated rings. The Morgan fingerprint density at radius 2 is 1.82 bits per heavy atom. The van der Waals surface area contributed by atoms with Crippen molar-refractivity contribution < 1.29 is 19.1 Å². The fourth-order valence-corrected chi connectivity index (χ4v) is 2.61. The van der Waals surface area contributed by atoms with Gasteiger partial charge in [-0.3, -0.25) is 9.59 Å². The van der Waals surface area contributed by atoms with Crippen LogP contribution in [0.2, 0.25) is 5.02 Å². The zero-order valence-corrected chi connectivity index (χ0v) is 16.4. The first-order chi connectivity index (χ1) is 13.4. The van der Waals surface area contributed by atoms with Gasteiger partial charge in [0.05, 0.1) is 19.6 Å². The topological polar surface area (TPSA) is 96.5 Å². The Morgan fingerprint density at radius 3 is 2.46 bits per heavy atom. The first kappa shape index (κ1) is 21.2. The Hall–Kier alpha value is -3.06. The molecule has 0 aliphatic carbocycles. The highest BCUT2D eigenvalue weighted by molar-refractivity contribution is 6.30. The van der Waals surface area contributed by atoms with E-state index in [-0.39, 0.29) is 30.9 Å². The fourth-order valence-electron chi connectivity index (χ4n) is 2.41. The number of methoxy groups -OCH3 is 1. The summed E-state index contributed by atoms with van der Waals surface area (Å²) in [5.74, 6) is -0.702. The number of nitrogens with one attached hydrogen (secondary N) is 3. The van der Waals surface area contributed by atoms with Gasteiger partial charge in [0.15, 0.2) is 0 Å². The maximum atomic E-state index is 12.2. The summed E-state index contributed by atoms with van der Waals surface area (Å²) in [7, 11) is 1.29. The van der Waals surface area contributed by atoms with E-state index in [4.69, 9.17) is 11.6 Å².